The van der Waals surface area contributed by atoms with E-state index in [1.807, 2.05) is 6.07 Å². The van der Waals surface area contributed by atoms with Crippen molar-refractivity contribution in [1.29, 1.82) is 0 Å². The second-order valence-corrected chi connectivity index (χ2v) is 3.05. The van der Waals surface area contributed by atoms with E-state index in [0.717, 1.165) is 5.56 Å². The Morgan fingerprint density at radius 1 is 1.38 bits per heavy atom. The third-order valence-electron chi connectivity index (χ3n) is 2.21. The molecule has 4 heteroatoms. The van der Waals surface area contributed by atoms with Gasteiger partial charge in [0.25, 0.3) is 5.69 Å². The number of para-hydroxylation sites is 1. The maximum atomic E-state index is 10.6. The quantitative estimate of drug-likeness (QED) is 0.513. The maximum Gasteiger partial charge on any atom is 0.273 e. The van der Waals surface area contributed by atoms with E-state index in [1.165, 1.54) is 6.07 Å². The molecule has 0 N–H and O–H groups in total. The van der Waals surface area contributed by atoms with Crippen LogP contribution in [0.25, 0.3) is 0 Å². The van der Waals surface area contributed by atoms with Crippen LogP contribution in [0.5, 0.6) is 0 Å². The molecule has 0 aromatic heterocycles. The topological polar surface area (TPSA) is 52.4 Å². The number of nitro groups is 1. The lowest BCUT2D eigenvalue weighted by Gasteiger charge is -2.25. The summed E-state index contributed by atoms with van der Waals surface area (Å²) >= 11 is 0. The molecule has 0 bridgehead atoms. The third-order valence-corrected chi connectivity index (χ3v) is 2.21. The number of ether oxygens (including phenoxy) is 1. The predicted molar refractivity (Wildman–Crippen MR) is 46.7 cm³/mol. The van der Waals surface area contributed by atoms with Crippen LogP contribution >= 0.6 is 0 Å². The summed E-state index contributed by atoms with van der Waals surface area (Å²) in [5.74, 6) is 0.210. The highest BCUT2D eigenvalue weighted by molar-refractivity contribution is 5.43. The van der Waals surface area contributed by atoms with Crippen LogP contribution < -0.4 is 0 Å². The Bertz CT molecular complexity index is 333. The maximum absolute atomic E-state index is 10.6. The molecule has 1 aliphatic heterocycles. The minimum absolute atomic E-state index is 0.204. The number of nitro benzene ring substituents is 1. The molecule has 0 unspecified atom stereocenters. The van der Waals surface area contributed by atoms with Gasteiger partial charge >= 0.3 is 0 Å². The minimum atomic E-state index is -0.340. The van der Waals surface area contributed by atoms with Crippen molar-refractivity contribution in [3.8, 4) is 0 Å². The first-order valence-corrected chi connectivity index (χ1v) is 4.10. The number of nitrogens with zero attached hydrogens (tertiary/aromatic N) is 1. The molecule has 0 radical (unpaired) electrons. The molecule has 0 saturated carbocycles. The summed E-state index contributed by atoms with van der Waals surface area (Å²) in [7, 11) is 0. The minimum Gasteiger partial charge on any atom is -0.380 e. The summed E-state index contributed by atoms with van der Waals surface area (Å²) in [6, 6.07) is 6.83. The first-order valence-electron chi connectivity index (χ1n) is 4.10. The molecule has 1 aliphatic rings. The highest BCUT2D eigenvalue weighted by Crippen LogP contribution is 2.30. The van der Waals surface area contributed by atoms with Crippen molar-refractivity contribution in [2.45, 2.75) is 5.92 Å². The van der Waals surface area contributed by atoms with Gasteiger partial charge < -0.3 is 4.74 Å². The van der Waals surface area contributed by atoms with Crippen molar-refractivity contribution >= 4 is 5.69 Å². The van der Waals surface area contributed by atoms with Gasteiger partial charge in [0.15, 0.2) is 0 Å². The Morgan fingerprint density at radius 2 is 2.08 bits per heavy atom. The fraction of sp³-hybridized carbons (Fsp3) is 0.333. The summed E-state index contributed by atoms with van der Waals surface area (Å²) in [4.78, 5) is 10.3. The highest BCUT2D eigenvalue weighted by Gasteiger charge is 2.27. The van der Waals surface area contributed by atoms with Crippen LogP contribution in [-0.2, 0) is 4.74 Å². The summed E-state index contributed by atoms with van der Waals surface area (Å²) < 4.78 is 5.00. The first kappa shape index (κ1) is 8.19. The van der Waals surface area contributed by atoms with Gasteiger partial charge in [-0.3, -0.25) is 10.1 Å². The standard InChI is InChI=1S/C9H9NO3/c11-10(12)9-4-2-1-3-8(9)7-5-13-6-7/h1-4,7H,5-6H2. The van der Waals surface area contributed by atoms with Gasteiger partial charge in [0.05, 0.1) is 18.1 Å². The summed E-state index contributed by atoms with van der Waals surface area (Å²) in [5.41, 5.74) is 0.995. The average molecular weight is 179 g/mol. The average Bonchev–Trinajstić information content (AvgIpc) is 2.02. The molecule has 1 aromatic carbocycles. The van der Waals surface area contributed by atoms with Crippen molar-refractivity contribution < 1.29 is 9.66 Å². The van der Waals surface area contributed by atoms with Crippen LogP contribution in [0, 0.1) is 10.1 Å². The molecule has 1 saturated heterocycles. The Morgan fingerprint density at radius 3 is 2.62 bits per heavy atom. The molecular weight excluding hydrogens is 170 g/mol. The van der Waals surface area contributed by atoms with E-state index in [0.29, 0.717) is 13.2 Å². The van der Waals surface area contributed by atoms with E-state index >= 15 is 0 Å². The molecule has 0 amide bonds. The lowest BCUT2D eigenvalue weighted by Crippen LogP contribution is -2.25. The smallest absolute Gasteiger partial charge is 0.273 e. The fourth-order valence-electron chi connectivity index (χ4n) is 1.41. The van der Waals surface area contributed by atoms with Crippen LogP contribution in [0.2, 0.25) is 0 Å². The zero-order valence-corrected chi connectivity index (χ0v) is 6.97. The van der Waals surface area contributed by atoms with E-state index in [9.17, 15) is 10.1 Å². The first-order chi connectivity index (χ1) is 6.29. The third kappa shape index (κ3) is 1.40. The lowest BCUT2D eigenvalue weighted by molar-refractivity contribution is -0.386. The summed E-state index contributed by atoms with van der Waals surface area (Å²) in [5, 5.41) is 10.6. The van der Waals surface area contributed by atoms with Crippen LogP contribution in [0.4, 0.5) is 5.69 Å². The number of benzene rings is 1. The summed E-state index contributed by atoms with van der Waals surface area (Å²) in [6.07, 6.45) is 0. The van der Waals surface area contributed by atoms with E-state index in [4.69, 9.17) is 4.74 Å². The zero-order valence-electron chi connectivity index (χ0n) is 6.97. The second kappa shape index (κ2) is 3.14. The van der Waals surface area contributed by atoms with Gasteiger partial charge in [-0.25, -0.2) is 0 Å². The molecule has 0 atom stereocenters. The van der Waals surface area contributed by atoms with Crippen LogP contribution in [0.15, 0.2) is 24.3 Å². The van der Waals surface area contributed by atoms with Gasteiger partial charge in [-0.05, 0) is 0 Å². The second-order valence-electron chi connectivity index (χ2n) is 3.05. The monoisotopic (exact) mass is 179 g/mol. The van der Waals surface area contributed by atoms with Crippen molar-refractivity contribution in [2.24, 2.45) is 0 Å². The van der Waals surface area contributed by atoms with Crippen molar-refractivity contribution in [3.63, 3.8) is 0 Å². The molecule has 1 fully saturated rings. The Kier molecular flexibility index (Phi) is 1.98. The van der Waals surface area contributed by atoms with Gasteiger partial charge in [0.1, 0.15) is 0 Å². The number of rotatable bonds is 2. The largest absolute Gasteiger partial charge is 0.380 e. The molecule has 4 nitrogen and oxygen atoms in total. The van der Waals surface area contributed by atoms with Crippen molar-refractivity contribution in [2.75, 3.05) is 13.2 Å². The number of hydrogen-bond donors (Lipinski definition) is 0. The molecule has 13 heavy (non-hydrogen) atoms. The van der Waals surface area contributed by atoms with Crippen molar-refractivity contribution in [1.82, 2.24) is 0 Å². The highest BCUT2D eigenvalue weighted by atomic mass is 16.6. The normalized spacial score (nSPS) is 16.6. The Labute approximate surface area is 75.3 Å². The molecule has 2 rings (SSSR count). The Hall–Kier alpha value is -1.42. The SMILES string of the molecule is O=[N+]([O-])c1ccccc1C1COC1. The van der Waals surface area contributed by atoms with Gasteiger partial charge in [-0.2, -0.15) is 0 Å². The van der Waals surface area contributed by atoms with Gasteiger partial charge in [0.2, 0.25) is 0 Å². The van der Waals surface area contributed by atoms with Gasteiger partial charge in [0, 0.05) is 17.5 Å². The molecule has 1 heterocycles. The van der Waals surface area contributed by atoms with Gasteiger partial charge in [-0.1, -0.05) is 18.2 Å². The fourth-order valence-corrected chi connectivity index (χ4v) is 1.41. The van der Waals surface area contributed by atoms with Gasteiger partial charge in [-0.15, -0.1) is 0 Å². The zero-order chi connectivity index (χ0) is 9.26. The van der Waals surface area contributed by atoms with E-state index in [1.54, 1.807) is 12.1 Å². The number of hydrogen-bond acceptors (Lipinski definition) is 3. The van der Waals surface area contributed by atoms with Crippen molar-refractivity contribution in [3.05, 3.63) is 39.9 Å². The van der Waals surface area contributed by atoms with Crippen LogP contribution in [0.3, 0.4) is 0 Å². The van der Waals surface area contributed by atoms with Crippen LogP contribution in [0.1, 0.15) is 11.5 Å². The Balaban J connectivity index is 2.36. The van der Waals surface area contributed by atoms with Crippen LogP contribution in [-0.4, -0.2) is 18.1 Å². The summed E-state index contributed by atoms with van der Waals surface area (Å²) in [6.45, 7) is 1.20. The van der Waals surface area contributed by atoms with E-state index < -0.39 is 0 Å². The lowest BCUT2D eigenvalue weighted by atomic mass is 9.96. The molecular formula is C9H9NO3. The van der Waals surface area contributed by atoms with E-state index in [2.05, 4.69) is 0 Å². The molecule has 1 aromatic rings. The predicted octanol–water partition coefficient (Wildman–Crippen LogP) is 1.71. The van der Waals surface area contributed by atoms with E-state index in [-0.39, 0.29) is 16.5 Å². The molecule has 0 aliphatic carbocycles. The molecule has 0 spiro atoms. The molecule has 68 valence electrons.